The Balaban J connectivity index is 1.77. The Hall–Kier alpha value is -2.97. The monoisotopic (exact) mass is 388 g/mol. The van der Waals surface area contributed by atoms with Gasteiger partial charge in [-0.05, 0) is 31.4 Å². The van der Waals surface area contributed by atoms with Crippen LogP contribution in [0.3, 0.4) is 0 Å². The normalized spacial score (nSPS) is 21.2. The maximum atomic E-state index is 15.4. The number of amides is 2. The number of halogens is 1. The first-order valence-electron chi connectivity index (χ1n) is 9.35. The first-order chi connectivity index (χ1) is 13.4. The Morgan fingerprint density at radius 2 is 1.86 bits per heavy atom. The second-order valence-corrected chi connectivity index (χ2v) is 7.41. The van der Waals surface area contributed by atoms with Gasteiger partial charge in [-0.3, -0.25) is 24.0 Å². The molecule has 1 N–H and O–H groups in total. The molecule has 3 heterocycles. The average Bonchev–Trinajstić information content (AvgIpc) is 2.94. The number of rotatable bonds is 3. The number of aryl methyl sites for hydroxylation is 1. The van der Waals surface area contributed by atoms with Gasteiger partial charge in [0, 0.05) is 32.5 Å². The smallest absolute Gasteiger partial charge is 0.329 e. The summed E-state index contributed by atoms with van der Waals surface area (Å²) in [7, 11) is 1.47. The van der Waals surface area contributed by atoms with E-state index in [-0.39, 0.29) is 30.2 Å². The summed E-state index contributed by atoms with van der Waals surface area (Å²) in [6, 6.07) is 2.41. The van der Waals surface area contributed by atoms with E-state index in [1.54, 1.807) is 12.1 Å². The highest BCUT2D eigenvalue weighted by molar-refractivity contribution is 6.00. The number of aldehydes is 1. The first kappa shape index (κ1) is 18.4. The van der Waals surface area contributed by atoms with Crippen LogP contribution >= 0.6 is 0 Å². The molecule has 1 atom stereocenters. The Labute approximate surface area is 159 Å². The summed E-state index contributed by atoms with van der Waals surface area (Å²) in [6.45, 7) is 1.13. The second-order valence-electron chi connectivity index (χ2n) is 7.41. The van der Waals surface area contributed by atoms with E-state index in [0.29, 0.717) is 37.1 Å². The van der Waals surface area contributed by atoms with Gasteiger partial charge in [0.1, 0.15) is 17.8 Å². The van der Waals surface area contributed by atoms with Gasteiger partial charge >= 0.3 is 5.69 Å². The molecule has 0 saturated carbocycles. The molecule has 2 saturated heterocycles. The number of imide groups is 1. The highest BCUT2D eigenvalue weighted by Crippen LogP contribution is 2.31. The Morgan fingerprint density at radius 1 is 1.14 bits per heavy atom. The highest BCUT2D eigenvalue weighted by Gasteiger charge is 2.32. The van der Waals surface area contributed by atoms with Gasteiger partial charge in [0.15, 0.2) is 5.82 Å². The van der Waals surface area contributed by atoms with Crippen LogP contribution in [0.15, 0.2) is 16.9 Å². The van der Waals surface area contributed by atoms with E-state index in [4.69, 9.17) is 0 Å². The SMILES string of the molecule is Cn1c(=O)n(C2CCC(=O)NC2=O)c2ccc(N3CCC(C=O)CC3)c(F)c21. The molecule has 2 aromatic rings. The van der Waals surface area contributed by atoms with Gasteiger partial charge in [0.05, 0.1) is 11.2 Å². The van der Waals surface area contributed by atoms with Gasteiger partial charge in [0.2, 0.25) is 11.8 Å². The molecule has 28 heavy (non-hydrogen) atoms. The molecule has 4 rings (SSSR count). The molecule has 0 bridgehead atoms. The van der Waals surface area contributed by atoms with Crippen LogP contribution in [0.2, 0.25) is 0 Å². The zero-order valence-electron chi connectivity index (χ0n) is 15.5. The number of nitrogens with one attached hydrogen (secondary N) is 1. The quantitative estimate of drug-likeness (QED) is 0.622. The Morgan fingerprint density at radius 3 is 2.50 bits per heavy atom. The van der Waals surface area contributed by atoms with Gasteiger partial charge < -0.3 is 9.69 Å². The summed E-state index contributed by atoms with van der Waals surface area (Å²) in [6.07, 6.45) is 2.60. The molecule has 1 aromatic heterocycles. The van der Waals surface area contributed by atoms with Gasteiger partial charge in [0.25, 0.3) is 0 Å². The van der Waals surface area contributed by atoms with Crippen LogP contribution < -0.4 is 15.9 Å². The minimum absolute atomic E-state index is 0.000931. The number of benzene rings is 1. The molecule has 8 nitrogen and oxygen atoms in total. The Bertz CT molecular complexity index is 1030. The van der Waals surface area contributed by atoms with Crippen molar-refractivity contribution in [1.82, 2.24) is 14.5 Å². The molecule has 0 radical (unpaired) electrons. The topological polar surface area (TPSA) is 93.4 Å². The van der Waals surface area contributed by atoms with E-state index >= 15 is 4.39 Å². The van der Waals surface area contributed by atoms with Crippen LogP contribution in [0.5, 0.6) is 0 Å². The van der Waals surface area contributed by atoms with Crippen molar-refractivity contribution >= 4 is 34.8 Å². The lowest BCUT2D eigenvalue weighted by Crippen LogP contribution is -2.44. The molecule has 1 aromatic carbocycles. The number of hydrogen-bond donors (Lipinski definition) is 1. The minimum atomic E-state index is -0.845. The highest BCUT2D eigenvalue weighted by atomic mass is 19.1. The molecular weight excluding hydrogens is 367 g/mol. The van der Waals surface area contributed by atoms with Crippen molar-refractivity contribution in [2.75, 3.05) is 18.0 Å². The molecule has 0 spiro atoms. The number of piperidine rings is 2. The van der Waals surface area contributed by atoms with Crippen LogP contribution in [0.4, 0.5) is 10.1 Å². The van der Waals surface area contributed by atoms with E-state index in [2.05, 4.69) is 5.32 Å². The van der Waals surface area contributed by atoms with Gasteiger partial charge in [-0.15, -0.1) is 0 Å². The number of anilines is 1. The Kier molecular flexibility index (Phi) is 4.52. The lowest BCUT2D eigenvalue weighted by molar-refractivity contribution is -0.135. The van der Waals surface area contributed by atoms with Crippen molar-refractivity contribution in [2.45, 2.75) is 31.7 Å². The molecule has 2 fully saturated rings. The predicted octanol–water partition coefficient (Wildman–Crippen LogP) is 0.872. The summed E-state index contributed by atoms with van der Waals surface area (Å²) >= 11 is 0. The third-order valence-electron chi connectivity index (χ3n) is 5.76. The minimum Gasteiger partial charge on any atom is -0.369 e. The molecule has 2 amide bonds. The number of carbonyl (C=O) groups excluding carboxylic acids is 3. The average molecular weight is 388 g/mol. The van der Waals surface area contributed by atoms with Crippen molar-refractivity contribution in [1.29, 1.82) is 0 Å². The van der Waals surface area contributed by atoms with E-state index in [9.17, 15) is 19.2 Å². The number of aromatic nitrogens is 2. The predicted molar refractivity (Wildman–Crippen MR) is 99.6 cm³/mol. The standard InChI is InChI=1S/C19H21FN4O4/c1-22-17-13(24(19(22)28)14-4-5-15(26)21-18(14)27)3-2-12(16(17)20)23-8-6-11(10-25)7-9-23/h2-3,10-11,14H,4-9H2,1H3,(H,21,26,27). The molecule has 148 valence electrons. The van der Waals surface area contributed by atoms with Crippen LogP contribution in [-0.2, 0) is 21.4 Å². The largest absolute Gasteiger partial charge is 0.369 e. The zero-order chi connectivity index (χ0) is 20.0. The number of hydrogen-bond acceptors (Lipinski definition) is 5. The third-order valence-corrected chi connectivity index (χ3v) is 5.76. The van der Waals surface area contributed by atoms with E-state index in [1.807, 2.05) is 4.90 Å². The molecule has 1 unspecified atom stereocenters. The van der Waals surface area contributed by atoms with E-state index in [0.717, 1.165) is 6.29 Å². The van der Waals surface area contributed by atoms with Crippen molar-refractivity contribution in [3.8, 4) is 0 Å². The lowest BCUT2D eigenvalue weighted by Gasteiger charge is -2.31. The summed E-state index contributed by atoms with van der Waals surface area (Å²) in [5.41, 5.74) is 0.337. The van der Waals surface area contributed by atoms with Crippen LogP contribution in [-0.4, -0.2) is 40.3 Å². The summed E-state index contributed by atoms with van der Waals surface area (Å²) in [5.74, 6) is -1.44. The summed E-state index contributed by atoms with van der Waals surface area (Å²) < 4.78 is 17.8. The number of nitrogens with zero attached hydrogens (tertiary/aromatic N) is 3. The van der Waals surface area contributed by atoms with Gasteiger partial charge in [-0.1, -0.05) is 0 Å². The van der Waals surface area contributed by atoms with Crippen molar-refractivity contribution in [2.24, 2.45) is 13.0 Å². The molecule has 0 aliphatic carbocycles. The molecule has 2 aliphatic rings. The van der Waals surface area contributed by atoms with Gasteiger partial charge in [-0.25, -0.2) is 9.18 Å². The first-order valence-corrected chi connectivity index (χ1v) is 9.35. The summed E-state index contributed by atoms with van der Waals surface area (Å²) in [4.78, 5) is 49.2. The molecular formula is C19H21FN4O4. The fraction of sp³-hybridized carbons (Fsp3) is 0.474. The van der Waals surface area contributed by atoms with Crippen molar-refractivity contribution < 1.29 is 18.8 Å². The number of imidazole rings is 1. The van der Waals surface area contributed by atoms with Crippen molar-refractivity contribution in [3.05, 3.63) is 28.4 Å². The van der Waals surface area contributed by atoms with E-state index in [1.165, 1.54) is 16.2 Å². The fourth-order valence-corrected chi connectivity index (χ4v) is 4.17. The number of carbonyl (C=O) groups is 3. The van der Waals surface area contributed by atoms with Crippen LogP contribution in [0.1, 0.15) is 31.7 Å². The van der Waals surface area contributed by atoms with Crippen LogP contribution in [0.25, 0.3) is 11.0 Å². The zero-order valence-corrected chi connectivity index (χ0v) is 15.5. The molecule has 9 heteroatoms. The second kappa shape index (κ2) is 6.88. The number of fused-ring (bicyclic) bond motifs is 1. The van der Waals surface area contributed by atoms with Gasteiger partial charge in [-0.2, -0.15) is 0 Å². The maximum Gasteiger partial charge on any atom is 0.329 e. The fourth-order valence-electron chi connectivity index (χ4n) is 4.17. The summed E-state index contributed by atoms with van der Waals surface area (Å²) in [5, 5.41) is 2.24. The van der Waals surface area contributed by atoms with Crippen molar-refractivity contribution in [3.63, 3.8) is 0 Å². The lowest BCUT2D eigenvalue weighted by atomic mass is 9.98. The molecule has 2 aliphatic heterocycles. The maximum absolute atomic E-state index is 15.4. The van der Waals surface area contributed by atoms with Crippen LogP contribution in [0, 0.1) is 11.7 Å². The van der Waals surface area contributed by atoms with E-state index < -0.39 is 23.5 Å². The third kappa shape index (κ3) is 2.81.